The monoisotopic (exact) mass is 433 g/mol. The molecule has 1 aromatic rings. The van der Waals surface area contributed by atoms with Crippen LogP contribution in [0.5, 0.6) is 0 Å². The van der Waals surface area contributed by atoms with Gasteiger partial charge >= 0.3 is 0 Å². The van der Waals surface area contributed by atoms with Crippen LogP contribution in [0.2, 0.25) is 0 Å². The summed E-state index contributed by atoms with van der Waals surface area (Å²) in [6, 6.07) is 4.41. The van der Waals surface area contributed by atoms with Crippen LogP contribution in [0.3, 0.4) is 0 Å². The minimum atomic E-state index is 0. The van der Waals surface area contributed by atoms with E-state index in [1.807, 2.05) is 24.5 Å². The van der Waals surface area contributed by atoms with Crippen LogP contribution in [0.4, 0.5) is 0 Å². The summed E-state index contributed by atoms with van der Waals surface area (Å²) >= 11 is 0. The Morgan fingerprint density at radius 1 is 1.17 bits per heavy atom. The molecule has 130 valence electrons. The lowest BCUT2D eigenvalue weighted by atomic mass is 10.2. The normalized spacial score (nSPS) is 15.1. The zero-order chi connectivity index (χ0) is 15.6. The summed E-state index contributed by atoms with van der Waals surface area (Å²) in [5.41, 5.74) is 0. The van der Waals surface area contributed by atoms with Crippen molar-refractivity contribution in [2.75, 3.05) is 20.1 Å². The van der Waals surface area contributed by atoms with E-state index in [1.54, 1.807) is 7.05 Å². The minimum Gasteiger partial charge on any atom is -0.356 e. The molecule has 0 bridgehead atoms. The minimum absolute atomic E-state index is 0. The summed E-state index contributed by atoms with van der Waals surface area (Å²) in [7, 11) is 1.74. The van der Waals surface area contributed by atoms with Crippen molar-refractivity contribution in [2.45, 2.75) is 44.7 Å². The molecule has 1 aromatic heterocycles. The van der Waals surface area contributed by atoms with Crippen molar-refractivity contribution in [2.24, 2.45) is 4.99 Å². The third-order valence-corrected chi connectivity index (χ3v) is 3.92. The van der Waals surface area contributed by atoms with E-state index in [2.05, 4.69) is 25.5 Å². The fourth-order valence-electron chi connectivity index (χ4n) is 2.71. The molecule has 3 N–H and O–H groups in total. The third kappa shape index (κ3) is 7.71. The van der Waals surface area contributed by atoms with Crippen LogP contribution in [0.15, 0.2) is 29.5 Å². The average molecular weight is 433 g/mol. The Morgan fingerprint density at radius 2 is 1.83 bits per heavy atom. The fourth-order valence-corrected chi connectivity index (χ4v) is 2.71. The van der Waals surface area contributed by atoms with Gasteiger partial charge in [-0.1, -0.05) is 12.8 Å². The van der Waals surface area contributed by atoms with Crippen molar-refractivity contribution in [1.82, 2.24) is 20.5 Å². The third-order valence-electron chi connectivity index (χ3n) is 3.92. The van der Waals surface area contributed by atoms with E-state index >= 15 is 0 Å². The number of hydrogen-bond acceptors (Lipinski definition) is 2. The standard InChI is InChI=1S/C16H27N5O.HI/c1-17-16(19-10-13-21-11-4-5-12-21)18-9-8-15(22)20-14-6-2-3-7-14;/h4-5,11-12,14H,2-3,6-10,13H2,1H3,(H,20,22)(H2,17,18,19);1H. The number of aliphatic imine (C=N–C) groups is 1. The highest BCUT2D eigenvalue weighted by atomic mass is 127. The van der Waals surface area contributed by atoms with Crippen molar-refractivity contribution in [3.05, 3.63) is 24.5 Å². The van der Waals surface area contributed by atoms with Gasteiger partial charge in [0.15, 0.2) is 5.96 Å². The van der Waals surface area contributed by atoms with E-state index in [-0.39, 0.29) is 29.9 Å². The quantitative estimate of drug-likeness (QED) is 0.349. The van der Waals surface area contributed by atoms with Gasteiger partial charge in [0.05, 0.1) is 0 Å². The van der Waals surface area contributed by atoms with Crippen LogP contribution in [-0.2, 0) is 11.3 Å². The smallest absolute Gasteiger partial charge is 0.221 e. The van der Waals surface area contributed by atoms with E-state index in [9.17, 15) is 4.79 Å². The molecule has 0 saturated heterocycles. The van der Waals surface area contributed by atoms with E-state index in [0.29, 0.717) is 19.0 Å². The molecule has 1 amide bonds. The number of hydrogen-bond donors (Lipinski definition) is 3. The maximum Gasteiger partial charge on any atom is 0.221 e. The molecular weight excluding hydrogens is 405 g/mol. The van der Waals surface area contributed by atoms with Crippen molar-refractivity contribution in [3.8, 4) is 0 Å². The maximum absolute atomic E-state index is 11.8. The zero-order valence-corrected chi connectivity index (χ0v) is 16.1. The van der Waals surface area contributed by atoms with Gasteiger partial charge in [0.1, 0.15) is 0 Å². The highest BCUT2D eigenvalue weighted by Gasteiger charge is 2.16. The Morgan fingerprint density at radius 3 is 2.48 bits per heavy atom. The zero-order valence-electron chi connectivity index (χ0n) is 13.8. The summed E-state index contributed by atoms with van der Waals surface area (Å²) < 4.78 is 2.11. The molecule has 1 aliphatic rings. The summed E-state index contributed by atoms with van der Waals surface area (Å²) in [4.78, 5) is 16.0. The van der Waals surface area contributed by atoms with Crippen molar-refractivity contribution >= 4 is 35.8 Å². The van der Waals surface area contributed by atoms with Gasteiger partial charge < -0.3 is 20.5 Å². The number of rotatable bonds is 7. The van der Waals surface area contributed by atoms with Gasteiger partial charge in [-0.25, -0.2) is 0 Å². The first-order valence-electron chi connectivity index (χ1n) is 8.12. The Hall–Kier alpha value is -1.25. The average Bonchev–Trinajstić information content (AvgIpc) is 3.19. The van der Waals surface area contributed by atoms with Crippen LogP contribution < -0.4 is 16.0 Å². The molecule has 2 rings (SSSR count). The van der Waals surface area contributed by atoms with Crippen LogP contribution >= 0.6 is 24.0 Å². The molecule has 0 aromatic carbocycles. The number of guanidine groups is 1. The van der Waals surface area contributed by atoms with Gasteiger partial charge in [-0.2, -0.15) is 0 Å². The van der Waals surface area contributed by atoms with Gasteiger partial charge in [0.25, 0.3) is 0 Å². The molecule has 6 nitrogen and oxygen atoms in total. The second-order valence-corrected chi connectivity index (χ2v) is 5.65. The summed E-state index contributed by atoms with van der Waals surface area (Å²) in [5, 5.41) is 9.50. The molecule has 0 atom stereocenters. The van der Waals surface area contributed by atoms with E-state index in [4.69, 9.17) is 0 Å². The summed E-state index contributed by atoms with van der Waals surface area (Å²) in [5.74, 6) is 0.864. The van der Waals surface area contributed by atoms with E-state index in [1.165, 1.54) is 12.8 Å². The molecule has 7 heteroatoms. The molecule has 23 heavy (non-hydrogen) atoms. The topological polar surface area (TPSA) is 70.4 Å². The van der Waals surface area contributed by atoms with Crippen molar-refractivity contribution < 1.29 is 4.79 Å². The number of aromatic nitrogens is 1. The SMILES string of the molecule is CN=C(NCCC(=O)NC1CCCC1)NCCn1cccc1.I. The number of carbonyl (C=O) groups excluding carboxylic acids is 1. The lowest BCUT2D eigenvalue weighted by Gasteiger charge is -2.14. The second kappa shape index (κ2) is 11.3. The summed E-state index contributed by atoms with van der Waals surface area (Å²) in [6.07, 6.45) is 9.27. The largest absolute Gasteiger partial charge is 0.356 e. The Balaban J connectivity index is 0.00000264. The Labute approximate surface area is 155 Å². The number of amides is 1. The predicted molar refractivity (Wildman–Crippen MR) is 104 cm³/mol. The first kappa shape index (κ1) is 19.8. The lowest BCUT2D eigenvalue weighted by molar-refractivity contribution is -0.121. The first-order valence-corrected chi connectivity index (χ1v) is 8.12. The Bertz CT molecular complexity index is 469. The highest BCUT2D eigenvalue weighted by Crippen LogP contribution is 2.17. The Kier molecular flexibility index (Phi) is 9.74. The molecule has 1 heterocycles. The van der Waals surface area contributed by atoms with Gasteiger partial charge in [-0.05, 0) is 25.0 Å². The first-order chi connectivity index (χ1) is 10.8. The number of nitrogens with zero attached hydrogens (tertiary/aromatic N) is 2. The van der Waals surface area contributed by atoms with Gasteiger partial charge in [-0.15, -0.1) is 24.0 Å². The van der Waals surface area contributed by atoms with Crippen LogP contribution in [0.25, 0.3) is 0 Å². The predicted octanol–water partition coefficient (Wildman–Crippen LogP) is 1.72. The molecule has 1 fully saturated rings. The molecule has 0 aliphatic heterocycles. The van der Waals surface area contributed by atoms with E-state index < -0.39 is 0 Å². The molecular formula is C16H28IN5O. The summed E-state index contributed by atoms with van der Waals surface area (Å²) in [6.45, 7) is 2.28. The highest BCUT2D eigenvalue weighted by molar-refractivity contribution is 14.0. The van der Waals surface area contributed by atoms with Crippen LogP contribution in [-0.4, -0.2) is 42.6 Å². The lowest BCUT2D eigenvalue weighted by Crippen LogP contribution is -2.41. The van der Waals surface area contributed by atoms with Crippen LogP contribution in [0.1, 0.15) is 32.1 Å². The number of nitrogens with one attached hydrogen (secondary N) is 3. The fraction of sp³-hybridized carbons (Fsp3) is 0.625. The molecule has 1 saturated carbocycles. The molecule has 0 radical (unpaired) electrons. The van der Waals surface area contributed by atoms with Crippen molar-refractivity contribution in [1.29, 1.82) is 0 Å². The molecule has 1 aliphatic carbocycles. The maximum atomic E-state index is 11.8. The van der Waals surface area contributed by atoms with Gasteiger partial charge in [-0.3, -0.25) is 9.79 Å². The van der Waals surface area contributed by atoms with Crippen LogP contribution in [0, 0.1) is 0 Å². The second-order valence-electron chi connectivity index (χ2n) is 5.65. The van der Waals surface area contributed by atoms with Crippen molar-refractivity contribution in [3.63, 3.8) is 0 Å². The molecule has 0 unspecified atom stereocenters. The van der Waals surface area contributed by atoms with Gasteiger partial charge in [0.2, 0.25) is 5.91 Å². The number of halogens is 1. The van der Waals surface area contributed by atoms with Gasteiger partial charge in [0, 0.05) is 51.5 Å². The van der Waals surface area contributed by atoms with E-state index in [0.717, 1.165) is 31.9 Å². The number of carbonyl (C=O) groups is 1. The molecule has 0 spiro atoms.